The lowest BCUT2D eigenvalue weighted by molar-refractivity contribution is 0.563. The van der Waals surface area contributed by atoms with E-state index in [0.717, 1.165) is 16.7 Å². The predicted octanol–water partition coefficient (Wildman–Crippen LogP) is 4.78. The van der Waals surface area contributed by atoms with Crippen molar-refractivity contribution in [3.63, 3.8) is 0 Å². The lowest BCUT2D eigenvalue weighted by atomic mass is 9.85. The third-order valence-electron chi connectivity index (χ3n) is 4.30. The highest BCUT2D eigenvalue weighted by Crippen LogP contribution is 2.30. The molecule has 0 aliphatic carbocycles. The molecule has 0 aliphatic rings. The van der Waals surface area contributed by atoms with Gasteiger partial charge < -0.3 is 0 Å². The monoisotopic (exact) mass is 363 g/mol. The molecule has 0 aliphatic heterocycles. The van der Waals surface area contributed by atoms with Crippen molar-refractivity contribution in [1.29, 1.82) is 0 Å². The summed E-state index contributed by atoms with van der Waals surface area (Å²) in [4.78, 5) is 0.314. The van der Waals surface area contributed by atoms with Gasteiger partial charge >= 0.3 is 0 Å². The van der Waals surface area contributed by atoms with Crippen LogP contribution in [0, 0.1) is 19.7 Å². The molecule has 1 atom stereocenters. The molecule has 1 N–H and O–H groups in total. The molecule has 0 saturated carbocycles. The maximum absolute atomic E-state index is 13.1. The Labute approximate surface area is 150 Å². The first kappa shape index (κ1) is 19.6. The van der Waals surface area contributed by atoms with Gasteiger partial charge in [0.2, 0.25) is 10.0 Å². The summed E-state index contributed by atoms with van der Waals surface area (Å²) in [6, 6.07) is 9.25. The average Bonchev–Trinajstić information content (AvgIpc) is 2.45. The van der Waals surface area contributed by atoms with Crippen molar-refractivity contribution >= 4 is 10.0 Å². The van der Waals surface area contributed by atoms with Gasteiger partial charge in [-0.1, -0.05) is 45.0 Å². The summed E-state index contributed by atoms with van der Waals surface area (Å²) in [6.45, 7) is 11.7. The zero-order valence-electron chi connectivity index (χ0n) is 15.6. The van der Waals surface area contributed by atoms with E-state index in [1.54, 1.807) is 19.1 Å². The zero-order valence-corrected chi connectivity index (χ0v) is 16.5. The highest BCUT2D eigenvalue weighted by molar-refractivity contribution is 7.89. The number of benzene rings is 2. The van der Waals surface area contributed by atoms with Crippen LogP contribution in [0.25, 0.3) is 0 Å². The van der Waals surface area contributed by atoms with E-state index in [1.165, 1.54) is 12.1 Å². The first-order valence-electron chi connectivity index (χ1n) is 8.31. The number of halogens is 1. The Hall–Kier alpha value is -1.72. The second kappa shape index (κ2) is 6.89. The highest BCUT2D eigenvalue weighted by atomic mass is 32.2. The zero-order chi connectivity index (χ0) is 19.0. The third kappa shape index (κ3) is 4.47. The van der Waals surface area contributed by atoms with Crippen LogP contribution in [0.1, 0.15) is 56.0 Å². The van der Waals surface area contributed by atoms with Crippen molar-refractivity contribution in [2.45, 2.75) is 57.9 Å². The van der Waals surface area contributed by atoms with Crippen LogP contribution < -0.4 is 4.72 Å². The summed E-state index contributed by atoms with van der Waals surface area (Å²) < 4.78 is 41.6. The van der Waals surface area contributed by atoms with Crippen LogP contribution in [0.4, 0.5) is 4.39 Å². The molecule has 0 radical (unpaired) electrons. The van der Waals surface area contributed by atoms with Crippen molar-refractivity contribution in [2.24, 2.45) is 0 Å². The summed E-state index contributed by atoms with van der Waals surface area (Å²) in [5.41, 5.74) is 3.22. The Morgan fingerprint density at radius 3 is 1.92 bits per heavy atom. The minimum atomic E-state index is -3.69. The van der Waals surface area contributed by atoms with Crippen molar-refractivity contribution in [1.82, 2.24) is 4.72 Å². The van der Waals surface area contributed by atoms with Gasteiger partial charge in [-0.15, -0.1) is 0 Å². The fourth-order valence-corrected chi connectivity index (χ4v) is 4.60. The lowest BCUT2D eigenvalue weighted by Gasteiger charge is -2.23. The van der Waals surface area contributed by atoms with Crippen LogP contribution >= 0.6 is 0 Å². The van der Waals surface area contributed by atoms with Gasteiger partial charge in [0.1, 0.15) is 5.82 Å². The van der Waals surface area contributed by atoms with E-state index < -0.39 is 16.1 Å². The number of hydrogen-bond acceptors (Lipinski definition) is 2. The Morgan fingerprint density at radius 1 is 1.00 bits per heavy atom. The van der Waals surface area contributed by atoms with Crippen LogP contribution in [0.5, 0.6) is 0 Å². The van der Waals surface area contributed by atoms with Crippen LogP contribution in [0.3, 0.4) is 0 Å². The smallest absolute Gasteiger partial charge is 0.207 e. The maximum Gasteiger partial charge on any atom is 0.241 e. The Kier molecular flexibility index (Phi) is 5.40. The summed E-state index contributed by atoms with van der Waals surface area (Å²) >= 11 is 0. The molecule has 5 heteroatoms. The molecule has 2 rings (SSSR count). The molecule has 2 aromatic rings. The number of nitrogens with one attached hydrogen (secondary N) is 1. The predicted molar refractivity (Wildman–Crippen MR) is 99.8 cm³/mol. The number of rotatable bonds is 4. The molecular weight excluding hydrogens is 337 g/mol. The van der Waals surface area contributed by atoms with Gasteiger partial charge in [-0.05, 0) is 60.6 Å². The topological polar surface area (TPSA) is 46.2 Å². The molecule has 0 unspecified atom stereocenters. The Balaban J connectivity index is 2.38. The molecule has 136 valence electrons. The minimum absolute atomic E-state index is 0.0490. The fraction of sp³-hybridized carbons (Fsp3) is 0.400. The minimum Gasteiger partial charge on any atom is -0.207 e. The standard InChI is InChI=1S/C20H26FNO2S/c1-13-11-17(20(4,5)6)12-14(2)19(13)25(23,24)22-15(3)16-7-9-18(21)10-8-16/h7-12,15,22H,1-6H3/t15-/m1/s1. The molecule has 2 aromatic carbocycles. The molecule has 0 aromatic heterocycles. The molecule has 0 spiro atoms. The Morgan fingerprint density at radius 2 is 1.48 bits per heavy atom. The van der Waals surface area contributed by atoms with E-state index in [9.17, 15) is 12.8 Å². The third-order valence-corrected chi connectivity index (χ3v) is 6.14. The SMILES string of the molecule is Cc1cc(C(C)(C)C)cc(C)c1S(=O)(=O)N[C@H](C)c1ccc(F)cc1. The van der Waals surface area contributed by atoms with Crippen molar-refractivity contribution in [3.05, 3.63) is 64.5 Å². The van der Waals surface area contributed by atoms with E-state index in [0.29, 0.717) is 10.5 Å². The highest BCUT2D eigenvalue weighted by Gasteiger charge is 2.25. The molecule has 25 heavy (non-hydrogen) atoms. The van der Waals surface area contributed by atoms with E-state index in [-0.39, 0.29) is 11.2 Å². The summed E-state index contributed by atoms with van der Waals surface area (Å²) in [5.74, 6) is -0.344. The number of aryl methyl sites for hydroxylation is 2. The van der Waals surface area contributed by atoms with Gasteiger partial charge in [0, 0.05) is 6.04 Å². The molecule has 0 heterocycles. The van der Waals surface area contributed by atoms with E-state index >= 15 is 0 Å². The van der Waals surface area contributed by atoms with Gasteiger partial charge in [-0.3, -0.25) is 0 Å². The van der Waals surface area contributed by atoms with E-state index in [2.05, 4.69) is 25.5 Å². The van der Waals surface area contributed by atoms with Crippen molar-refractivity contribution in [2.75, 3.05) is 0 Å². The second-order valence-corrected chi connectivity index (χ2v) is 9.23. The molecule has 3 nitrogen and oxygen atoms in total. The van der Waals surface area contributed by atoms with Crippen molar-refractivity contribution in [3.8, 4) is 0 Å². The average molecular weight is 363 g/mol. The summed E-state index contributed by atoms with van der Waals surface area (Å²) in [7, 11) is -3.69. The van der Waals surface area contributed by atoms with Crippen LogP contribution in [-0.2, 0) is 15.4 Å². The van der Waals surface area contributed by atoms with Crippen LogP contribution in [-0.4, -0.2) is 8.42 Å². The van der Waals surface area contributed by atoms with E-state index in [4.69, 9.17) is 0 Å². The number of sulfonamides is 1. The lowest BCUT2D eigenvalue weighted by Crippen LogP contribution is -2.28. The largest absolute Gasteiger partial charge is 0.241 e. The second-order valence-electron chi connectivity index (χ2n) is 7.58. The van der Waals surface area contributed by atoms with Gasteiger partial charge in [0.25, 0.3) is 0 Å². The van der Waals surface area contributed by atoms with Crippen LogP contribution in [0.2, 0.25) is 0 Å². The van der Waals surface area contributed by atoms with E-state index in [1.807, 2.05) is 26.0 Å². The van der Waals surface area contributed by atoms with Gasteiger partial charge in [-0.2, -0.15) is 0 Å². The summed E-state index contributed by atoms with van der Waals surface area (Å²) in [6.07, 6.45) is 0. The maximum atomic E-state index is 13.1. The van der Waals surface area contributed by atoms with Gasteiger partial charge in [0.15, 0.2) is 0 Å². The molecular formula is C20H26FNO2S. The Bertz CT molecular complexity index is 843. The molecule has 0 fully saturated rings. The van der Waals surface area contributed by atoms with Crippen molar-refractivity contribution < 1.29 is 12.8 Å². The molecule has 0 bridgehead atoms. The number of hydrogen-bond donors (Lipinski definition) is 1. The fourth-order valence-electron chi connectivity index (χ4n) is 2.92. The van der Waals surface area contributed by atoms with Crippen LogP contribution in [0.15, 0.2) is 41.3 Å². The first-order valence-corrected chi connectivity index (χ1v) is 9.79. The molecule has 0 amide bonds. The normalized spacial score (nSPS) is 13.7. The first-order chi connectivity index (χ1) is 11.4. The van der Waals surface area contributed by atoms with Gasteiger partial charge in [-0.25, -0.2) is 17.5 Å². The molecule has 0 saturated heterocycles. The summed E-state index contributed by atoms with van der Waals surface area (Å²) in [5, 5.41) is 0. The van der Waals surface area contributed by atoms with Gasteiger partial charge in [0.05, 0.1) is 4.90 Å². The quantitative estimate of drug-likeness (QED) is 0.850.